The summed E-state index contributed by atoms with van der Waals surface area (Å²) < 4.78 is 25.6. The van der Waals surface area contributed by atoms with Crippen LogP contribution in [0, 0.1) is 11.8 Å². The first-order chi connectivity index (χ1) is 6.20. The van der Waals surface area contributed by atoms with Gasteiger partial charge in [0.05, 0.1) is 10.5 Å². The molecule has 0 aliphatic heterocycles. The van der Waals surface area contributed by atoms with Crippen LogP contribution >= 0.6 is 11.6 Å². The third-order valence-electron chi connectivity index (χ3n) is 1.73. The summed E-state index contributed by atoms with van der Waals surface area (Å²) in [5.41, 5.74) is 0.353. The van der Waals surface area contributed by atoms with E-state index in [-0.39, 0.29) is 5.02 Å². The van der Waals surface area contributed by atoms with E-state index in [0.717, 1.165) is 0 Å². The molecule has 2 rings (SSSR count). The van der Waals surface area contributed by atoms with Crippen molar-refractivity contribution in [3.63, 3.8) is 0 Å². The minimum Gasteiger partial charge on any atom is -0.217 e. The number of nitrogens with zero attached hydrogens (tertiary/aromatic N) is 1. The summed E-state index contributed by atoms with van der Waals surface area (Å²) in [6.07, 6.45) is 0. The first kappa shape index (κ1) is 8.38. The van der Waals surface area contributed by atoms with Gasteiger partial charge in [0.1, 0.15) is 0 Å². The van der Waals surface area contributed by atoms with Gasteiger partial charge in [0.25, 0.3) is 5.95 Å². The summed E-state index contributed by atoms with van der Waals surface area (Å²) in [6, 6.07) is 6.53. The average Bonchev–Trinajstić information content (AvgIpc) is 2.15. The molecule has 0 unspecified atom stereocenters. The van der Waals surface area contributed by atoms with Gasteiger partial charge in [0.2, 0.25) is 0 Å². The Bertz CT molecular complexity index is 470. The molecule has 2 aromatic rings. The zero-order valence-electron chi connectivity index (χ0n) is 6.39. The van der Waals surface area contributed by atoms with Crippen LogP contribution in [-0.2, 0) is 0 Å². The molecule has 4 heteroatoms. The number of halogens is 3. The fourth-order valence-electron chi connectivity index (χ4n) is 1.12. The lowest BCUT2D eigenvalue weighted by atomic mass is 10.2. The molecule has 0 radical (unpaired) electrons. The highest BCUT2D eigenvalue weighted by molar-refractivity contribution is 6.35. The minimum absolute atomic E-state index is 0.219. The van der Waals surface area contributed by atoms with Crippen molar-refractivity contribution in [1.82, 2.24) is 4.98 Å². The molecule has 0 atom stereocenters. The van der Waals surface area contributed by atoms with E-state index in [1.165, 1.54) is 0 Å². The zero-order valence-corrected chi connectivity index (χ0v) is 7.15. The summed E-state index contributed by atoms with van der Waals surface area (Å²) >= 11 is 5.58. The number of hydrogen-bond donors (Lipinski definition) is 0. The highest BCUT2D eigenvalue weighted by Gasteiger charge is 2.11. The molecule has 0 bridgehead atoms. The molecule has 1 heterocycles. The minimum atomic E-state index is -1.16. The Balaban J connectivity index is 2.94. The maximum absolute atomic E-state index is 12.9. The fourth-order valence-corrected chi connectivity index (χ4v) is 1.36. The highest BCUT2D eigenvalue weighted by Crippen LogP contribution is 2.25. The molecule has 1 aromatic heterocycles. The van der Waals surface area contributed by atoms with Crippen LogP contribution in [-0.4, -0.2) is 4.98 Å². The van der Waals surface area contributed by atoms with Crippen molar-refractivity contribution in [2.75, 3.05) is 0 Å². The van der Waals surface area contributed by atoms with Crippen LogP contribution in [0.5, 0.6) is 0 Å². The highest BCUT2D eigenvalue weighted by atomic mass is 35.5. The smallest absolute Gasteiger partial charge is 0.217 e. The second kappa shape index (κ2) is 2.92. The Hall–Kier alpha value is -1.22. The van der Waals surface area contributed by atoms with Crippen molar-refractivity contribution in [3.8, 4) is 0 Å². The third-order valence-corrected chi connectivity index (χ3v) is 2.10. The molecule has 0 N–H and O–H groups in total. The van der Waals surface area contributed by atoms with Crippen LogP contribution in [0.2, 0.25) is 5.02 Å². The van der Waals surface area contributed by atoms with E-state index in [9.17, 15) is 8.78 Å². The second-order valence-electron chi connectivity index (χ2n) is 2.55. The van der Waals surface area contributed by atoms with E-state index >= 15 is 0 Å². The zero-order chi connectivity index (χ0) is 9.42. The number of pyridine rings is 1. The summed E-state index contributed by atoms with van der Waals surface area (Å²) in [5.74, 6) is -2.26. The summed E-state index contributed by atoms with van der Waals surface area (Å²) in [5, 5.41) is 0.200. The molecule has 13 heavy (non-hydrogen) atoms. The molecule has 0 fully saturated rings. The van der Waals surface area contributed by atoms with Crippen molar-refractivity contribution in [3.05, 3.63) is 41.1 Å². The van der Waals surface area contributed by atoms with Crippen LogP contribution < -0.4 is 0 Å². The van der Waals surface area contributed by atoms with E-state index in [0.29, 0.717) is 10.9 Å². The van der Waals surface area contributed by atoms with Gasteiger partial charge in [-0.3, -0.25) is 0 Å². The quantitative estimate of drug-likeness (QED) is 0.594. The Kier molecular flexibility index (Phi) is 1.88. The Morgan fingerprint density at radius 2 is 1.85 bits per heavy atom. The number of hydrogen-bond acceptors (Lipinski definition) is 1. The molecule has 1 nitrogen and oxygen atoms in total. The molecular formula is C9H4ClF2N. The van der Waals surface area contributed by atoms with Crippen LogP contribution in [0.25, 0.3) is 10.9 Å². The van der Waals surface area contributed by atoms with Crippen molar-refractivity contribution < 1.29 is 8.78 Å². The van der Waals surface area contributed by atoms with Gasteiger partial charge in [-0.15, -0.1) is 0 Å². The van der Waals surface area contributed by atoms with E-state index in [1.54, 1.807) is 24.3 Å². The molecule has 0 aliphatic rings. The number of rotatable bonds is 0. The summed E-state index contributed by atoms with van der Waals surface area (Å²) in [4.78, 5) is 3.41. The average molecular weight is 200 g/mol. The van der Waals surface area contributed by atoms with E-state index in [1.807, 2.05) is 0 Å². The predicted molar refractivity (Wildman–Crippen MR) is 46.7 cm³/mol. The topological polar surface area (TPSA) is 12.9 Å². The second-order valence-corrected chi connectivity index (χ2v) is 2.93. The fraction of sp³-hybridized carbons (Fsp3) is 0. The van der Waals surface area contributed by atoms with Gasteiger partial charge in [-0.2, -0.15) is 4.39 Å². The third kappa shape index (κ3) is 1.25. The van der Waals surface area contributed by atoms with Crippen molar-refractivity contribution >= 4 is 22.5 Å². The van der Waals surface area contributed by atoms with Gasteiger partial charge < -0.3 is 0 Å². The standard InChI is InChI=1S/C9H4ClF2N/c10-7-5-3-1-2-4-6(5)13-9(12)8(7)11/h1-4H. The SMILES string of the molecule is Fc1nc2ccccc2c(Cl)c1F. The number of benzene rings is 1. The van der Waals surface area contributed by atoms with Crippen molar-refractivity contribution in [2.24, 2.45) is 0 Å². The molecule has 0 saturated carbocycles. The maximum atomic E-state index is 12.9. The Morgan fingerprint density at radius 3 is 2.62 bits per heavy atom. The largest absolute Gasteiger partial charge is 0.251 e. The van der Waals surface area contributed by atoms with Gasteiger partial charge in [0.15, 0.2) is 5.82 Å². The molecule has 0 amide bonds. The monoisotopic (exact) mass is 199 g/mol. The van der Waals surface area contributed by atoms with Gasteiger partial charge in [-0.05, 0) is 6.07 Å². The van der Waals surface area contributed by atoms with Crippen LogP contribution in [0.3, 0.4) is 0 Å². The first-order valence-electron chi connectivity index (χ1n) is 3.59. The van der Waals surface area contributed by atoms with E-state index in [2.05, 4.69) is 4.98 Å². The Labute approximate surface area is 78.0 Å². The molecule has 0 spiro atoms. The molecule has 0 saturated heterocycles. The molecular weight excluding hydrogens is 196 g/mol. The molecule has 1 aromatic carbocycles. The number of para-hydroxylation sites is 1. The van der Waals surface area contributed by atoms with E-state index in [4.69, 9.17) is 11.6 Å². The van der Waals surface area contributed by atoms with Crippen LogP contribution in [0.1, 0.15) is 0 Å². The van der Waals surface area contributed by atoms with Gasteiger partial charge in [0, 0.05) is 5.39 Å². The van der Waals surface area contributed by atoms with Gasteiger partial charge >= 0.3 is 0 Å². The summed E-state index contributed by atoms with van der Waals surface area (Å²) in [7, 11) is 0. The summed E-state index contributed by atoms with van der Waals surface area (Å²) in [6.45, 7) is 0. The lowest BCUT2D eigenvalue weighted by Gasteiger charge is -2.00. The normalized spacial score (nSPS) is 10.7. The molecule has 0 aliphatic carbocycles. The lowest BCUT2D eigenvalue weighted by molar-refractivity contribution is 0.484. The molecule has 66 valence electrons. The number of aromatic nitrogens is 1. The van der Waals surface area contributed by atoms with Crippen molar-refractivity contribution in [1.29, 1.82) is 0 Å². The van der Waals surface area contributed by atoms with Gasteiger partial charge in [-0.1, -0.05) is 29.8 Å². The van der Waals surface area contributed by atoms with Crippen LogP contribution in [0.4, 0.5) is 8.78 Å². The lowest BCUT2D eigenvalue weighted by Crippen LogP contribution is -1.92. The first-order valence-corrected chi connectivity index (χ1v) is 3.97. The van der Waals surface area contributed by atoms with Gasteiger partial charge in [-0.25, -0.2) is 9.37 Å². The predicted octanol–water partition coefficient (Wildman–Crippen LogP) is 3.17. The number of fused-ring (bicyclic) bond motifs is 1. The van der Waals surface area contributed by atoms with Crippen molar-refractivity contribution in [2.45, 2.75) is 0 Å². The van der Waals surface area contributed by atoms with E-state index < -0.39 is 11.8 Å². The Morgan fingerprint density at radius 1 is 1.15 bits per heavy atom. The van der Waals surface area contributed by atoms with Crippen LogP contribution in [0.15, 0.2) is 24.3 Å². The maximum Gasteiger partial charge on any atom is 0.251 e.